The van der Waals surface area contributed by atoms with Gasteiger partial charge in [-0.3, -0.25) is 4.57 Å². The maximum Gasteiger partial charge on any atom is 0.236 e. The van der Waals surface area contributed by atoms with E-state index in [4.69, 9.17) is 4.52 Å². The van der Waals surface area contributed by atoms with Crippen molar-refractivity contribution in [1.82, 2.24) is 0 Å². The minimum Gasteiger partial charge on any atom is -0.388 e. The van der Waals surface area contributed by atoms with Gasteiger partial charge in [0.25, 0.3) is 0 Å². The molecule has 0 saturated carbocycles. The highest BCUT2D eigenvalue weighted by molar-refractivity contribution is 7.66. The highest BCUT2D eigenvalue weighted by Gasteiger charge is 2.26. The Labute approximate surface area is 120 Å². The molecule has 1 unspecified atom stereocenters. The summed E-state index contributed by atoms with van der Waals surface area (Å²) in [5.74, 6) is 0. The van der Waals surface area contributed by atoms with E-state index in [2.05, 4.69) is 5.32 Å². The third-order valence-corrected chi connectivity index (χ3v) is 5.67. The fourth-order valence-corrected chi connectivity index (χ4v) is 4.39. The normalized spacial score (nSPS) is 13.7. The third-order valence-electron chi connectivity index (χ3n) is 3.15. The van der Waals surface area contributed by atoms with Gasteiger partial charge in [0.2, 0.25) is 7.37 Å². The molecule has 0 radical (unpaired) electrons. The maximum atomic E-state index is 13.2. The molecule has 0 aliphatic heterocycles. The Bertz CT molecular complexity index is 598. The van der Waals surface area contributed by atoms with Crippen LogP contribution in [0.15, 0.2) is 54.6 Å². The monoisotopic (exact) mass is 289 g/mol. The number of para-hydroxylation sites is 1. The van der Waals surface area contributed by atoms with Crippen LogP contribution in [0, 0.1) is 0 Å². The first-order valence-corrected chi connectivity index (χ1v) is 8.55. The summed E-state index contributed by atoms with van der Waals surface area (Å²) in [5, 5.41) is 3.91. The molecule has 0 spiro atoms. The maximum absolute atomic E-state index is 13.2. The molecule has 20 heavy (non-hydrogen) atoms. The van der Waals surface area contributed by atoms with Crippen molar-refractivity contribution in [3.05, 3.63) is 60.2 Å². The highest BCUT2D eigenvalue weighted by Crippen LogP contribution is 2.49. The molecule has 2 rings (SSSR count). The molecule has 2 aromatic rings. The van der Waals surface area contributed by atoms with Crippen molar-refractivity contribution >= 4 is 18.4 Å². The van der Waals surface area contributed by atoms with Crippen LogP contribution in [-0.2, 0) is 15.3 Å². The molecule has 4 heteroatoms. The van der Waals surface area contributed by atoms with Crippen molar-refractivity contribution in [1.29, 1.82) is 0 Å². The highest BCUT2D eigenvalue weighted by atomic mass is 31.2. The Morgan fingerprint density at radius 2 is 1.70 bits per heavy atom. The van der Waals surface area contributed by atoms with Gasteiger partial charge in [-0.15, -0.1) is 0 Å². The Morgan fingerprint density at radius 1 is 1.05 bits per heavy atom. The summed E-state index contributed by atoms with van der Waals surface area (Å²) in [7, 11) is -1.01. The summed E-state index contributed by atoms with van der Waals surface area (Å²) >= 11 is 0. The lowest BCUT2D eigenvalue weighted by atomic mass is 10.2. The van der Waals surface area contributed by atoms with Gasteiger partial charge >= 0.3 is 0 Å². The lowest BCUT2D eigenvalue weighted by Gasteiger charge is -2.19. The second-order valence-corrected chi connectivity index (χ2v) is 6.93. The van der Waals surface area contributed by atoms with Crippen LogP contribution in [0.5, 0.6) is 0 Å². The smallest absolute Gasteiger partial charge is 0.236 e. The van der Waals surface area contributed by atoms with Gasteiger partial charge in [0, 0.05) is 18.0 Å². The number of benzene rings is 2. The van der Waals surface area contributed by atoms with Crippen LogP contribution in [0.25, 0.3) is 0 Å². The van der Waals surface area contributed by atoms with Crippen LogP contribution >= 0.6 is 7.37 Å². The molecule has 0 aliphatic rings. The molecule has 0 saturated heterocycles. The molecule has 0 aliphatic carbocycles. The summed E-state index contributed by atoms with van der Waals surface area (Å²) in [4.78, 5) is 0. The first kappa shape index (κ1) is 14.8. The van der Waals surface area contributed by atoms with Gasteiger partial charge in [-0.1, -0.05) is 36.4 Å². The summed E-state index contributed by atoms with van der Waals surface area (Å²) in [6.45, 7) is 2.31. The predicted octanol–water partition coefficient (Wildman–Crippen LogP) is 3.87. The molecular formula is C16H20NO2P. The van der Waals surface area contributed by atoms with E-state index in [-0.39, 0.29) is 0 Å². The van der Waals surface area contributed by atoms with Crippen LogP contribution in [0.3, 0.4) is 0 Å². The number of hydrogen-bond acceptors (Lipinski definition) is 3. The number of anilines is 1. The molecule has 0 bridgehead atoms. The van der Waals surface area contributed by atoms with E-state index < -0.39 is 7.37 Å². The largest absolute Gasteiger partial charge is 0.388 e. The molecule has 1 atom stereocenters. The molecule has 0 aromatic heterocycles. The lowest BCUT2D eigenvalue weighted by Crippen LogP contribution is -2.10. The Kier molecular flexibility index (Phi) is 4.99. The SMILES string of the molecule is CCOP(=O)(Cc1ccccc1NC)c1ccccc1. The van der Waals surface area contributed by atoms with E-state index >= 15 is 0 Å². The summed E-state index contributed by atoms with van der Waals surface area (Å²) in [6, 6.07) is 17.3. The van der Waals surface area contributed by atoms with Crippen LogP contribution in [0.1, 0.15) is 12.5 Å². The van der Waals surface area contributed by atoms with Crippen molar-refractivity contribution < 1.29 is 9.09 Å². The average molecular weight is 289 g/mol. The Hall–Kier alpha value is -1.57. The Morgan fingerprint density at radius 3 is 2.35 bits per heavy atom. The van der Waals surface area contributed by atoms with Crippen LogP contribution < -0.4 is 10.6 Å². The van der Waals surface area contributed by atoms with Gasteiger partial charge < -0.3 is 9.84 Å². The number of hydrogen-bond donors (Lipinski definition) is 1. The summed E-state index contributed by atoms with van der Waals surface area (Å²) < 4.78 is 18.8. The summed E-state index contributed by atoms with van der Waals surface area (Å²) in [5.41, 5.74) is 2.00. The quantitative estimate of drug-likeness (QED) is 0.820. The van der Waals surface area contributed by atoms with Gasteiger partial charge in [0.05, 0.1) is 12.8 Å². The third kappa shape index (κ3) is 3.30. The lowest BCUT2D eigenvalue weighted by molar-refractivity contribution is 0.340. The van der Waals surface area contributed by atoms with Crippen molar-refractivity contribution in [2.45, 2.75) is 13.1 Å². The zero-order valence-corrected chi connectivity index (χ0v) is 12.8. The molecule has 106 valence electrons. The van der Waals surface area contributed by atoms with E-state index in [9.17, 15) is 4.57 Å². The summed E-state index contributed by atoms with van der Waals surface area (Å²) in [6.07, 6.45) is 0.405. The predicted molar refractivity (Wildman–Crippen MR) is 85.0 cm³/mol. The molecule has 0 amide bonds. The van der Waals surface area contributed by atoms with E-state index in [1.807, 2.05) is 68.6 Å². The van der Waals surface area contributed by atoms with E-state index in [0.717, 1.165) is 16.6 Å². The minimum atomic E-state index is -2.87. The van der Waals surface area contributed by atoms with Crippen LogP contribution in [0.2, 0.25) is 0 Å². The van der Waals surface area contributed by atoms with E-state index in [1.54, 1.807) is 0 Å². The fraction of sp³-hybridized carbons (Fsp3) is 0.250. The Balaban J connectivity index is 2.37. The van der Waals surface area contributed by atoms with Gasteiger partial charge in [-0.05, 0) is 30.7 Å². The number of nitrogens with one attached hydrogen (secondary N) is 1. The second kappa shape index (κ2) is 6.74. The van der Waals surface area contributed by atoms with E-state index in [0.29, 0.717) is 12.8 Å². The first-order valence-electron chi connectivity index (χ1n) is 6.74. The average Bonchev–Trinajstić information content (AvgIpc) is 2.49. The van der Waals surface area contributed by atoms with Crippen molar-refractivity contribution in [2.75, 3.05) is 19.0 Å². The van der Waals surface area contributed by atoms with E-state index in [1.165, 1.54) is 0 Å². The van der Waals surface area contributed by atoms with Crippen molar-refractivity contribution in [3.8, 4) is 0 Å². The van der Waals surface area contributed by atoms with Gasteiger partial charge in [-0.2, -0.15) is 0 Å². The zero-order valence-electron chi connectivity index (χ0n) is 11.9. The fourth-order valence-electron chi connectivity index (χ4n) is 2.20. The standard InChI is InChI=1S/C16H20NO2P/c1-3-19-20(18,15-10-5-4-6-11-15)13-14-9-7-8-12-16(14)17-2/h4-12,17H,3,13H2,1-2H3. The second-order valence-electron chi connectivity index (χ2n) is 4.49. The molecule has 1 N–H and O–H groups in total. The van der Waals surface area contributed by atoms with Crippen LogP contribution in [-0.4, -0.2) is 13.7 Å². The number of rotatable bonds is 6. The molecular weight excluding hydrogens is 269 g/mol. The van der Waals surface area contributed by atoms with Crippen molar-refractivity contribution in [2.24, 2.45) is 0 Å². The van der Waals surface area contributed by atoms with Gasteiger partial charge in [0.1, 0.15) is 0 Å². The minimum absolute atomic E-state index is 0.405. The van der Waals surface area contributed by atoms with Gasteiger partial charge in [0.15, 0.2) is 0 Å². The topological polar surface area (TPSA) is 38.3 Å². The van der Waals surface area contributed by atoms with Crippen LogP contribution in [0.4, 0.5) is 5.69 Å². The zero-order chi connectivity index (χ0) is 14.4. The molecule has 2 aromatic carbocycles. The first-order chi connectivity index (χ1) is 9.69. The molecule has 0 heterocycles. The molecule has 3 nitrogen and oxygen atoms in total. The molecule has 0 fully saturated rings. The van der Waals surface area contributed by atoms with Gasteiger partial charge in [-0.25, -0.2) is 0 Å². The van der Waals surface area contributed by atoms with Crippen molar-refractivity contribution in [3.63, 3.8) is 0 Å².